The first-order chi connectivity index (χ1) is 5.79. The van der Waals surface area contributed by atoms with E-state index in [4.69, 9.17) is 5.84 Å². The Bertz CT molecular complexity index is 278. The highest BCUT2D eigenvalue weighted by Gasteiger charge is 2.24. The molecule has 2 rings (SSSR count). The number of ketones is 1. The van der Waals surface area contributed by atoms with Crippen molar-refractivity contribution in [2.75, 3.05) is 6.54 Å². The number of fused-ring (bicyclic) bond motifs is 1. The van der Waals surface area contributed by atoms with Crippen LogP contribution < -0.4 is 5.84 Å². The molecule has 0 aromatic heterocycles. The monoisotopic (exact) mass is 164 g/mol. The van der Waals surface area contributed by atoms with Crippen LogP contribution in [-0.4, -0.2) is 17.3 Å². The summed E-state index contributed by atoms with van der Waals surface area (Å²) in [7, 11) is 0. The fourth-order valence-electron chi connectivity index (χ4n) is 1.67. The molecule has 1 aliphatic heterocycles. The van der Waals surface area contributed by atoms with E-state index in [1.807, 2.05) is 12.2 Å². The topological polar surface area (TPSA) is 46.3 Å². The second kappa shape index (κ2) is 2.75. The normalized spacial score (nSPS) is 23.1. The lowest BCUT2D eigenvalue weighted by molar-refractivity contribution is -0.116. The zero-order valence-corrected chi connectivity index (χ0v) is 6.92. The van der Waals surface area contributed by atoms with Gasteiger partial charge in [-0.15, -0.1) is 0 Å². The molecular weight excluding hydrogens is 152 g/mol. The summed E-state index contributed by atoms with van der Waals surface area (Å²) in [6.45, 7) is 0.655. The Balaban J connectivity index is 2.34. The molecule has 1 aliphatic carbocycles. The molecule has 12 heavy (non-hydrogen) atoms. The van der Waals surface area contributed by atoms with Gasteiger partial charge in [0.15, 0.2) is 5.78 Å². The summed E-state index contributed by atoms with van der Waals surface area (Å²) in [5.74, 6) is 5.96. The molecule has 3 nitrogen and oxygen atoms in total. The van der Waals surface area contributed by atoms with Crippen LogP contribution in [0.3, 0.4) is 0 Å². The van der Waals surface area contributed by atoms with E-state index in [0.29, 0.717) is 13.0 Å². The van der Waals surface area contributed by atoms with Crippen molar-refractivity contribution in [3.8, 4) is 0 Å². The van der Waals surface area contributed by atoms with Crippen LogP contribution in [0.2, 0.25) is 0 Å². The maximum atomic E-state index is 11.4. The molecule has 0 bridgehead atoms. The molecule has 0 spiro atoms. The fourth-order valence-corrected chi connectivity index (χ4v) is 1.67. The second-order valence-corrected chi connectivity index (χ2v) is 3.15. The lowest BCUT2D eigenvalue weighted by Crippen LogP contribution is -2.39. The van der Waals surface area contributed by atoms with Crippen LogP contribution in [0, 0.1) is 0 Å². The number of nitrogens with zero attached hydrogens (tertiary/aromatic N) is 1. The minimum absolute atomic E-state index is 0.239. The summed E-state index contributed by atoms with van der Waals surface area (Å²) in [6.07, 6.45) is 6.57. The van der Waals surface area contributed by atoms with Gasteiger partial charge in [-0.2, -0.15) is 0 Å². The zero-order chi connectivity index (χ0) is 8.55. The van der Waals surface area contributed by atoms with Crippen molar-refractivity contribution in [1.29, 1.82) is 0 Å². The maximum absolute atomic E-state index is 11.4. The van der Waals surface area contributed by atoms with Crippen LogP contribution in [0.25, 0.3) is 0 Å². The lowest BCUT2D eigenvalue weighted by atomic mass is 9.94. The van der Waals surface area contributed by atoms with Gasteiger partial charge in [0.1, 0.15) is 0 Å². The Labute approximate surface area is 71.5 Å². The number of hydrogen-bond acceptors (Lipinski definition) is 3. The van der Waals surface area contributed by atoms with Gasteiger partial charge < -0.3 is 5.01 Å². The lowest BCUT2D eigenvalue weighted by Gasteiger charge is -2.29. The van der Waals surface area contributed by atoms with Crippen LogP contribution in [0.15, 0.2) is 23.4 Å². The number of nitrogens with two attached hydrogens (primary N) is 1. The third-order valence-corrected chi connectivity index (χ3v) is 2.32. The smallest absolute Gasteiger partial charge is 0.166 e. The predicted molar refractivity (Wildman–Crippen MR) is 45.9 cm³/mol. The highest BCUT2D eigenvalue weighted by Crippen LogP contribution is 2.25. The molecule has 0 amide bonds. The van der Waals surface area contributed by atoms with E-state index in [9.17, 15) is 4.79 Å². The number of piperidine rings is 1. The SMILES string of the molecule is NN1CCC(=O)C2=CCCC=C21. The number of hydrogen-bond donors (Lipinski definition) is 1. The maximum Gasteiger partial charge on any atom is 0.166 e. The van der Waals surface area contributed by atoms with Gasteiger partial charge in [-0.3, -0.25) is 4.79 Å². The molecule has 3 heteroatoms. The van der Waals surface area contributed by atoms with Crippen LogP contribution in [0.4, 0.5) is 0 Å². The molecule has 2 N–H and O–H groups in total. The molecule has 0 aromatic rings. The first-order valence-corrected chi connectivity index (χ1v) is 4.25. The number of carbonyl (C=O) groups is 1. The summed E-state index contributed by atoms with van der Waals surface area (Å²) in [5.41, 5.74) is 1.76. The Morgan fingerprint density at radius 2 is 2.08 bits per heavy atom. The van der Waals surface area contributed by atoms with E-state index in [0.717, 1.165) is 24.1 Å². The van der Waals surface area contributed by atoms with Gasteiger partial charge in [0.25, 0.3) is 0 Å². The number of hydrazine groups is 1. The van der Waals surface area contributed by atoms with Crippen molar-refractivity contribution in [3.63, 3.8) is 0 Å². The van der Waals surface area contributed by atoms with Crippen molar-refractivity contribution < 1.29 is 4.79 Å². The van der Waals surface area contributed by atoms with Crippen molar-refractivity contribution in [3.05, 3.63) is 23.4 Å². The van der Waals surface area contributed by atoms with E-state index in [1.165, 1.54) is 0 Å². The van der Waals surface area contributed by atoms with E-state index < -0.39 is 0 Å². The van der Waals surface area contributed by atoms with Gasteiger partial charge >= 0.3 is 0 Å². The van der Waals surface area contributed by atoms with Crippen molar-refractivity contribution in [2.24, 2.45) is 5.84 Å². The third kappa shape index (κ3) is 1.06. The Hall–Kier alpha value is -1.09. The minimum Gasteiger partial charge on any atom is -0.310 e. The second-order valence-electron chi connectivity index (χ2n) is 3.15. The molecule has 0 unspecified atom stereocenters. The average molecular weight is 164 g/mol. The molecule has 0 atom stereocenters. The van der Waals surface area contributed by atoms with E-state index >= 15 is 0 Å². The van der Waals surface area contributed by atoms with Crippen molar-refractivity contribution >= 4 is 5.78 Å². The fraction of sp³-hybridized carbons (Fsp3) is 0.444. The molecule has 0 radical (unpaired) electrons. The van der Waals surface area contributed by atoms with E-state index in [1.54, 1.807) is 5.01 Å². The van der Waals surface area contributed by atoms with Crippen molar-refractivity contribution in [1.82, 2.24) is 5.01 Å². The van der Waals surface area contributed by atoms with Gasteiger partial charge in [-0.25, -0.2) is 5.84 Å². The Morgan fingerprint density at radius 3 is 2.83 bits per heavy atom. The van der Waals surface area contributed by atoms with Crippen LogP contribution in [0.5, 0.6) is 0 Å². The molecule has 1 saturated heterocycles. The molecule has 64 valence electrons. The Morgan fingerprint density at radius 1 is 1.33 bits per heavy atom. The summed E-state index contributed by atoms with van der Waals surface area (Å²) < 4.78 is 0. The molecule has 1 fully saturated rings. The largest absolute Gasteiger partial charge is 0.310 e. The van der Waals surface area contributed by atoms with Crippen LogP contribution >= 0.6 is 0 Å². The molecule has 2 aliphatic rings. The molecular formula is C9H12N2O. The van der Waals surface area contributed by atoms with Gasteiger partial charge in [0.2, 0.25) is 0 Å². The van der Waals surface area contributed by atoms with Crippen molar-refractivity contribution in [2.45, 2.75) is 19.3 Å². The first-order valence-electron chi connectivity index (χ1n) is 4.25. The third-order valence-electron chi connectivity index (χ3n) is 2.32. The minimum atomic E-state index is 0.239. The van der Waals surface area contributed by atoms with E-state index in [-0.39, 0.29) is 5.78 Å². The van der Waals surface area contributed by atoms with Crippen LogP contribution in [-0.2, 0) is 4.79 Å². The molecule has 1 heterocycles. The van der Waals surface area contributed by atoms with Gasteiger partial charge in [-0.1, -0.05) is 12.2 Å². The van der Waals surface area contributed by atoms with Gasteiger partial charge in [-0.05, 0) is 12.8 Å². The molecule has 0 aromatic carbocycles. The first kappa shape index (κ1) is 7.55. The highest BCUT2D eigenvalue weighted by molar-refractivity contribution is 6.00. The zero-order valence-electron chi connectivity index (χ0n) is 6.92. The van der Waals surface area contributed by atoms with Gasteiger partial charge in [0.05, 0.1) is 5.70 Å². The summed E-state index contributed by atoms with van der Waals surface area (Å²) in [6, 6.07) is 0. The van der Waals surface area contributed by atoms with Crippen LogP contribution in [0.1, 0.15) is 19.3 Å². The number of Topliss-reactive ketones (excluding diaryl/α,β-unsaturated/α-hetero) is 1. The highest BCUT2D eigenvalue weighted by atomic mass is 16.1. The quantitative estimate of drug-likeness (QED) is 0.537. The number of allylic oxidation sites excluding steroid dienone is 3. The van der Waals surface area contributed by atoms with Gasteiger partial charge in [0, 0.05) is 18.5 Å². The standard InChI is InChI=1S/C9H12N2O/c10-11-6-5-9(12)7-3-1-2-4-8(7)11/h3-4H,1-2,5-6,10H2. The van der Waals surface area contributed by atoms with E-state index in [2.05, 4.69) is 0 Å². The number of rotatable bonds is 0. The number of carbonyl (C=O) groups excluding carboxylic acids is 1. The summed E-state index contributed by atoms with van der Waals surface area (Å²) in [4.78, 5) is 11.4. The predicted octanol–water partition coefficient (Wildman–Crippen LogP) is 0.739. The summed E-state index contributed by atoms with van der Waals surface area (Å²) in [5, 5.41) is 1.67. The summed E-state index contributed by atoms with van der Waals surface area (Å²) >= 11 is 0. The Kier molecular flexibility index (Phi) is 1.73. The average Bonchev–Trinajstić information content (AvgIpc) is 2.12. The molecule has 0 saturated carbocycles.